The molecule has 0 bridgehead atoms. The van der Waals surface area contributed by atoms with Crippen molar-refractivity contribution in [3.05, 3.63) is 59.1 Å². The lowest BCUT2D eigenvalue weighted by atomic mass is 10.1. The minimum absolute atomic E-state index is 0.128. The smallest absolute Gasteiger partial charge is 0.335 e. The van der Waals surface area contributed by atoms with E-state index < -0.39 is 15.8 Å². The average Bonchev–Trinajstić information content (AvgIpc) is 2.95. The zero-order valence-corrected chi connectivity index (χ0v) is 12.9. The second-order valence-electron chi connectivity index (χ2n) is 4.72. The monoisotopic (exact) mass is 333 g/mol. The van der Waals surface area contributed by atoms with Crippen molar-refractivity contribution in [1.29, 1.82) is 0 Å². The number of rotatable bonds is 4. The molecule has 1 heterocycles. The van der Waals surface area contributed by atoms with Gasteiger partial charge in [-0.3, -0.25) is 0 Å². The lowest BCUT2D eigenvalue weighted by Crippen LogP contribution is -2.06. The third-order valence-corrected chi connectivity index (χ3v) is 5.72. The molecule has 0 aliphatic rings. The lowest BCUT2D eigenvalue weighted by Gasteiger charge is -2.06. The minimum atomic E-state index is -3.55. The Morgan fingerprint density at radius 2 is 1.86 bits per heavy atom. The molecule has 0 saturated carbocycles. The molecule has 1 aromatic heterocycles. The number of sulfone groups is 1. The number of aromatic carboxylic acids is 1. The summed E-state index contributed by atoms with van der Waals surface area (Å²) in [5.74, 6) is -1.23. The van der Waals surface area contributed by atoms with E-state index >= 15 is 0 Å². The Kier molecular flexibility index (Phi) is 3.67. The molecule has 22 heavy (non-hydrogen) atoms. The second-order valence-corrected chi connectivity index (χ2v) is 7.56. The van der Waals surface area contributed by atoms with Crippen molar-refractivity contribution >= 4 is 37.4 Å². The predicted molar refractivity (Wildman–Crippen MR) is 83.9 cm³/mol. The number of hydrogen-bond acceptors (Lipinski definition) is 5. The maximum Gasteiger partial charge on any atom is 0.335 e. The summed E-state index contributed by atoms with van der Waals surface area (Å²) in [5, 5.41) is 8.86. The first-order chi connectivity index (χ1) is 10.5. The topological polar surface area (TPSA) is 84.3 Å². The van der Waals surface area contributed by atoms with Crippen molar-refractivity contribution in [3.63, 3.8) is 0 Å². The van der Waals surface area contributed by atoms with E-state index in [2.05, 4.69) is 4.98 Å². The molecule has 0 radical (unpaired) electrons. The van der Waals surface area contributed by atoms with Crippen molar-refractivity contribution in [2.75, 3.05) is 0 Å². The summed E-state index contributed by atoms with van der Waals surface area (Å²) in [6.07, 6.45) is 0. The average molecular weight is 333 g/mol. The summed E-state index contributed by atoms with van der Waals surface area (Å²) in [6.45, 7) is 0. The van der Waals surface area contributed by atoms with Gasteiger partial charge in [0.15, 0.2) is 9.84 Å². The highest BCUT2D eigenvalue weighted by molar-refractivity contribution is 7.90. The predicted octanol–water partition coefficient (Wildman–Crippen LogP) is 2.97. The molecule has 0 spiro atoms. The first kappa shape index (κ1) is 14.7. The minimum Gasteiger partial charge on any atom is -0.478 e. The maximum atomic E-state index is 12.6. The van der Waals surface area contributed by atoms with Gasteiger partial charge in [-0.1, -0.05) is 18.2 Å². The molecule has 0 fully saturated rings. The quantitative estimate of drug-likeness (QED) is 0.793. The summed E-state index contributed by atoms with van der Waals surface area (Å²) in [7, 11) is -3.55. The summed E-state index contributed by atoms with van der Waals surface area (Å²) in [4.78, 5) is 15.1. The molecule has 0 atom stereocenters. The van der Waals surface area contributed by atoms with Crippen LogP contribution in [0.1, 0.15) is 15.9 Å². The van der Waals surface area contributed by atoms with Crippen molar-refractivity contribution in [3.8, 4) is 0 Å². The number of carboxylic acid groups (broad SMARTS) is 1. The third kappa shape index (κ3) is 2.72. The van der Waals surface area contributed by atoms with E-state index in [-0.39, 0.29) is 16.2 Å². The third-order valence-electron chi connectivity index (χ3n) is 3.22. The number of hydrogen-bond donors (Lipinski definition) is 1. The number of carbonyl (C=O) groups is 1. The van der Waals surface area contributed by atoms with Crippen LogP contribution in [0.5, 0.6) is 0 Å². The molecule has 1 N–H and O–H groups in total. The molecule has 2 aromatic carbocycles. The van der Waals surface area contributed by atoms with Crippen LogP contribution in [0.25, 0.3) is 10.2 Å². The first-order valence-corrected chi connectivity index (χ1v) is 8.88. The van der Waals surface area contributed by atoms with Gasteiger partial charge in [0.2, 0.25) is 0 Å². The summed E-state index contributed by atoms with van der Waals surface area (Å²) in [6, 6.07) is 10.9. The van der Waals surface area contributed by atoms with E-state index in [0.717, 1.165) is 4.70 Å². The summed E-state index contributed by atoms with van der Waals surface area (Å²) < 4.78 is 26.0. The molecule has 5 nitrogen and oxygen atoms in total. The van der Waals surface area contributed by atoms with Gasteiger partial charge in [-0.2, -0.15) is 0 Å². The maximum absolute atomic E-state index is 12.6. The SMILES string of the molecule is O=C(O)c1ccc(CS(=O)(=O)c2cccc3scnc23)cc1. The Morgan fingerprint density at radius 3 is 2.55 bits per heavy atom. The van der Waals surface area contributed by atoms with E-state index in [1.165, 1.54) is 35.6 Å². The fourth-order valence-electron chi connectivity index (χ4n) is 2.15. The van der Waals surface area contributed by atoms with Crippen LogP contribution in [-0.2, 0) is 15.6 Å². The molecular weight excluding hydrogens is 322 g/mol. The molecular formula is C15H11NO4S2. The van der Waals surface area contributed by atoms with Gasteiger partial charge in [0.25, 0.3) is 0 Å². The highest BCUT2D eigenvalue weighted by atomic mass is 32.2. The van der Waals surface area contributed by atoms with Gasteiger partial charge in [0.05, 0.1) is 31.9 Å². The van der Waals surface area contributed by atoms with Crippen molar-refractivity contribution < 1.29 is 18.3 Å². The highest BCUT2D eigenvalue weighted by Crippen LogP contribution is 2.27. The summed E-state index contributed by atoms with van der Waals surface area (Å²) >= 11 is 1.39. The van der Waals surface area contributed by atoms with Crippen LogP contribution in [0.2, 0.25) is 0 Å². The number of nitrogens with zero attached hydrogens (tertiary/aromatic N) is 1. The van der Waals surface area contributed by atoms with Crippen LogP contribution in [0.4, 0.5) is 0 Å². The van der Waals surface area contributed by atoms with Crippen LogP contribution in [0.15, 0.2) is 52.9 Å². The first-order valence-electron chi connectivity index (χ1n) is 6.34. The Balaban J connectivity index is 1.97. The van der Waals surface area contributed by atoms with Gasteiger partial charge in [-0.05, 0) is 29.8 Å². The molecule has 3 rings (SSSR count). The van der Waals surface area contributed by atoms with Crippen LogP contribution in [0.3, 0.4) is 0 Å². The van der Waals surface area contributed by atoms with Crippen LogP contribution < -0.4 is 0 Å². The number of carboxylic acids is 1. The Morgan fingerprint density at radius 1 is 1.14 bits per heavy atom. The molecule has 0 amide bonds. The fraction of sp³-hybridized carbons (Fsp3) is 0.0667. The number of fused-ring (bicyclic) bond motifs is 1. The zero-order valence-electron chi connectivity index (χ0n) is 11.3. The van der Waals surface area contributed by atoms with Gasteiger partial charge in [-0.25, -0.2) is 18.2 Å². The number of benzene rings is 2. The van der Waals surface area contributed by atoms with E-state index in [1.54, 1.807) is 17.6 Å². The van der Waals surface area contributed by atoms with E-state index in [9.17, 15) is 13.2 Å². The molecule has 0 aliphatic heterocycles. The lowest BCUT2D eigenvalue weighted by molar-refractivity contribution is 0.0697. The van der Waals surface area contributed by atoms with Gasteiger partial charge < -0.3 is 5.11 Å². The van der Waals surface area contributed by atoms with Crippen molar-refractivity contribution in [1.82, 2.24) is 4.98 Å². The molecule has 0 saturated heterocycles. The molecule has 7 heteroatoms. The highest BCUT2D eigenvalue weighted by Gasteiger charge is 2.19. The zero-order chi connectivity index (χ0) is 15.7. The van der Waals surface area contributed by atoms with Gasteiger partial charge >= 0.3 is 5.97 Å². The molecule has 112 valence electrons. The Labute approximate surface area is 130 Å². The number of aromatic nitrogens is 1. The fourth-order valence-corrected chi connectivity index (χ4v) is 4.45. The summed E-state index contributed by atoms with van der Waals surface area (Å²) in [5.41, 5.74) is 2.76. The Hall–Kier alpha value is -2.25. The standard InChI is InChI=1S/C15H11NO4S2/c17-15(18)11-6-4-10(5-7-11)8-22(19,20)13-3-1-2-12-14(13)16-9-21-12/h1-7,9H,8H2,(H,17,18). The van der Waals surface area contributed by atoms with Crippen LogP contribution in [0, 0.1) is 0 Å². The van der Waals surface area contributed by atoms with Crippen LogP contribution in [-0.4, -0.2) is 24.5 Å². The van der Waals surface area contributed by atoms with E-state index in [0.29, 0.717) is 11.1 Å². The number of thiazole rings is 1. The molecule has 3 aromatic rings. The van der Waals surface area contributed by atoms with Gasteiger partial charge in [0.1, 0.15) is 0 Å². The molecule has 0 unspecified atom stereocenters. The van der Waals surface area contributed by atoms with Gasteiger partial charge in [-0.15, -0.1) is 11.3 Å². The number of para-hydroxylation sites is 1. The normalized spacial score (nSPS) is 11.6. The largest absolute Gasteiger partial charge is 0.478 e. The van der Waals surface area contributed by atoms with E-state index in [1.807, 2.05) is 6.07 Å². The molecule has 0 aliphatic carbocycles. The van der Waals surface area contributed by atoms with Crippen LogP contribution >= 0.6 is 11.3 Å². The van der Waals surface area contributed by atoms with Crippen molar-refractivity contribution in [2.24, 2.45) is 0 Å². The van der Waals surface area contributed by atoms with Gasteiger partial charge in [0, 0.05) is 0 Å². The Bertz CT molecular complexity index is 943. The van der Waals surface area contributed by atoms with Crippen molar-refractivity contribution in [2.45, 2.75) is 10.6 Å². The van der Waals surface area contributed by atoms with E-state index in [4.69, 9.17) is 5.11 Å². The second kappa shape index (κ2) is 5.51.